The lowest BCUT2D eigenvalue weighted by Crippen LogP contribution is -2.38. The van der Waals surface area contributed by atoms with Gasteiger partial charge in [0, 0.05) is 19.2 Å². The van der Waals surface area contributed by atoms with Crippen LogP contribution in [0.5, 0.6) is 5.75 Å². The lowest BCUT2D eigenvalue weighted by Gasteiger charge is -2.31. The fraction of sp³-hybridized carbons (Fsp3) is 0.625. The van der Waals surface area contributed by atoms with Crippen molar-refractivity contribution in [2.24, 2.45) is 0 Å². The lowest BCUT2D eigenvalue weighted by molar-refractivity contribution is 0.0572. The number of methoxy groups -OCH3 is 2. The van der Waals surface area contributed by atoms with Gasteiger partial charge in [-0.05, 0) is 50.3 Å². The molecular formula is C16H25NO2. The molecule has 0 aliphatic heterocycles. The van der Waals surface area contributed by atoms with Crippen LogP contribution in [-0.4, -0.2) is 26.4 Å². The molecule has 1 aromatic rings. The van der Waals surface area contributed by atoms with Crippen LogP contribution < -0.4 is 10.1 Å². The van der Waals surface area contributed by atoms with Gasteiger partial charge in [0.2, 0.25) is 0 Å². The van der Waals surface area contributed by atoms with E-state index in [2.05, 4.69) is 24.4 Å². The minimum Gasteiger partial charge on any atom is -0.497 e. The third kappa shape index (κ3) is 3.95. The highest BCUT2D eigenvalue weighted by Crippen LogP contribution is 2.24. The Morgan fingerprint density at radius 3 is 2.53 bits per heavy atom. The van der Waals surface area contributed by atoms with Crippen molar-refractivity contribution < 1.29 is 9.47 Å². The zero-order valence-corrected chi connectivity index (χ0v) is 12.2. The molecule has 19 heavy (non-hydrogen) atoms. The average Bonchev–Trinajstić information content (AvgIpc) is 2.47. The van der Waals surface area contributed by atoms with E-state index in [1.807, 2.05) is 19.2 Å². The summed E-state index contributed by atoms with van der Waals surface area (Å²) in [5.74, 6) is 0.910. The van der Waals surface area contributed by atoms with Crippen LogP contribution in [0.4, 0.5) is 0 Å². The zero-order chi connectivity index (χ0) is 13.7. The van der Waals surface area contributed by atoms with Gasteiger partial charge in [-0.25, -0.2) is 0 Å². The average molecular weight is 263 g/mol. The van der Waals surface area contributed by atoms with E-state index in [1.54, 1.807) is 7.11 Å². The van der Waals surface area contributed by atoms with Crippen LogP contribution in [0.25, 0.3) is 0 Å². The van der Waals surface area contributed by atoms with Crippen molar-refractivity contribution in [1.82, 2.24) is 5.32 Å². The maximum atomic E-state index is 5.48. The van der Waals surface area contributed by atoms with E-state index in [1.165, 1.54) is 24.8 Å². The molecule has 2 rings (SSSR count). The van der Waals surface area contributed by atoms with Gasteiger partial charge in [0.05, 0.1) is 13.2 Å². The molecule has 1 fully saturated rings. The van der Waals surface area contributed by atoms with Gasteiger partial charge in [0.15, 0.2) is 0 Å². The normalized spacial score (nSPS) is 25.0. The summed E-state index contributed by atoms with van der Waals surface area (Å²) in [6.45, 7) is 2.22. The molecule has 1 N–H and O–H groups in total. The molecule has 3 nitrogen and oxygen atoms in total. The van der Waals surface area contributed by atoms with E-state index in [4.69, 9.17) is 9.47 Å². The molecule has 0 bridgehead atoms. The summed E-state index contributed by atoms with van der Waals surface area (Å²) >= 11 is 0. The standard InChI is InChI=1S/C16H25NO2/c1-12(13-7-9-15(18-2)10-8-13)17-14-5-4-6-16(11-14)19-3/h7-10,12,14,16-17H,4-6,11H2,1-3H3. The molecule has 0 spiro atoms. The Kier molecular flexibility index (Phi) is 5.23. The molecule has 1 aliphatic rings. The van der Waals surface area contributed by atoms with E-state index in [-0.39, 0.29) is 0 Å². The first-order valence-corrected chi connectivity index (χ1v) is 7.15. The molecule has 0 radical (unpaired) electrons. The monoisotopic (exact) mass is 263 g/mol. The van der Waals surface area contributed by atoms with Crippen molar-refractivity contribution in [1.29, 1.82) is 0 Å². The Labute approximate surface area is 116 Å². The molecule has 0 heterocycles. The predicted molar refractivity (Wildman–Crippen MR) is 77.6 cm³/mol. The Morgan fingerprint density at radius 2 is 1.89 bits per heavy atom. The lowest BCUT2D eigenvalue weighted by atomic mass is 9.92. The van der Waals surface area contributed by atoms with E-state index in [0.29, 0.717) is 18.2 Å². The van der Waals surface area contributed by atoms with Crippen LogP contribution in [0, 0.1) is 0 Å². The van der Waals surface area contributed by atoms with Crippen molar-refractivity contribution in [3.8, 4) is 5.75 Å². The summed E-state index contributed by atoms with van der Waals surface area (Å²) in [6, 6.07) is 9.24. The molecule has 0 amide bonds. The molecule has 3 unspecified atom stereocenters. The largest absolute Gasteiger partial charge is 0.497 e. The molecular weight excluding hydrogens is 238 g/mol. The highest BCUT2D eigenvalue weighted by Gasteiger charge is 2.22. The smallest absolute Gasteiger partial charge is 0.118 e. The summed E-state index contributed by atoms with van der Waals surface area (Å²) in [4.78, 5) is 0. The van der Waals surface area contributed by atoms with Crippen LogP contribution in [0.2, 0.25) is 0 Å². The fourth-order valence-corrected chi connectivity index (χ4v) is 2.85. The van der Waals surface area contributed by atoms with E-state index in [9.17, 15) is 0 Å². The van der Waals surface area contributed by atoms with E-state index in [0.717, 1.165) is 12.2 Å². The van der Waals surface area contributed by atoms with Gasteiger partial charge in [-0.2, -0.15) is 0 Å². The number of benzene rings is 1. The van der Waals surface area contributed by atoms with Gasteiger partial charge < -0.3 is 14.8 Å². The van der Waals surface area contributed by atoms with Crippen molar-refractivity contribution in [2.75, 3.05) is 14.2 Å². The summed E-state index contributed by atoms with van der Waals surface area (Å²) in [5.41, 5.74) is 1.31. The quantitative estimate of drug-likeness (QED) is 0.884. The molecule has 1 aromatic carbocycles. The number of nitrogens with one attached hydrogen (secondary N) is 1. The van der Waals surface area contributed by atoms with Gasteiger partial charge >= 0.3 is 0 Å². The third-order valence-corrected chi connectivity index (χ3v) is 4.06. The van der Waals surface area contributed by atoms with E-state index < -0.39 is 0 Å². The van der Waals surface area contributed by atoms with Crippen LogP contribution in [0.1, 0.15) is 44.2 Å². The third-order valence-electron chi connectivity index (χ3n) is 4.06. The predicted octanol–water partition coefficient (Wildman–Crippen LogP) is 3.30. The highest BCUT2D eigenvalue weighted by molar-refractivity contribution is 5.28. The van der Waals surface area contributed by atoms with Gasteiger partial charge in [0.25, 0.3) is 0 Å². The maximum absolute atomic E-state index is 5.48. The number of hydrogen-bond donors (Lipinski definition) is 1. The molecule has 1 saturated carbocycles. The van der Waals surface area contributed by atoms with Crippen LogP contribution in [0.3, 0.4) is 0 Å². The van der Waals surface area contributed by atoms with Gasteiger partial charge in [-0.1, -0.05) is 12.1 Å². The zero-order valence-electron chi connectivity index (χ0n) is 12.2. The Morgan fingerprint density at radius 1 is 1.16 bits per heavy atom. The highest BCUT2D eigenvalue weighted by atomic mass is 16.5. The van der Waals surface area contributed by atoms with Gasteiger partial charge in [-0.3, -0.25) is 0 Å². The molecule has 1 aliphatic carbocycles. The summed E-state index contributed by atoms with van der Waals surface area (Å²) in [5, 5.41) is 3.72. The van der Waals surface area contributed by atoms with Gasteiger partial charge in [-0.15, -0.1) is 0 Å². The molecule has 3 atom stereocenters. The van der Waals surface area contributed by atoms with Crippen molar-refractivity contribution in [2.45, 2.75) is 50.8 Å². The Bertz CT molecular complexity index is 377. The maximum Gasteiger partial charge on any atom is 0.118 e. The van der Waals surface area contributed by atoms with Crippen molar-refractivity contribution >= 4 is 0 Å². The van der Waals surface area contributed by atoms with Gasteiger partial charge in [0.1, 0.15) is 5.75 Å². The molecule has 0 saturated heterocycles. The first kappa shape index (κ1) is 14.4. The molecule has 3 heteroatoms. The second-order valence-corrected chi connectivity index (χ2v) is 5.38. The fourth-order valence-electron chi connectivity index (χ4n) is 2.85. The first-order chi connectivity index (χ1) is 9.22. The summed E-state index contributed by atoms with van der Waals surface area (Å²) < 4.78 is 10.7. The Hall–Kier alpha value is -1.06. The second-order valence-electron chi connectivity index (χ2n) is 5.38. The van der Waals surface area contributed by atoms with Crippen LogP contribution >= 0.6 is 0 Å². The molecule has 106 valence electrons. The van der Waals surface area contributed by atoms with E-state index >= 15 is 0 Å². The summed E-state index contributed by atoms with van der Waals surface area (Å²) in [6.07, 6.45) is 5.25. The Balaban J connectivity index is 1.90. The van der Waals surface area contributed by atoms with Crippen LogP contribution in [-0.2, 0) is 4.74 Å². The number of rotatable bonds is 5. The van der Waals surface area contributed by atoms with Crippen LogP contribution in [0.15, 0.2) is 24.3 Å². The number of ether oxygens (including phenoxy) is 2. The first-order valence-electron chi connectivity index (χ1n) is 7.15. The molecule has 0 aromatic heterocycles. The van der Waals surface area contributed by atoms with Crippen molar-refractivity contribution in [3.63, 3.8) is 0 Å². The number of hydrogen-bond acceptors (Lipinski definition) is 3. The minimum absolute atomic E-state index is 0.367. The second kappa shape index (κ2) is 6.92. The minimum atomic E-state index is 0.367. The van der Waals surface area contributed by atoms with Crippen molar-refractivity contribution in [3.05, 3.63) is 29.8 Å². The SMILES string of the molecule is COc1ccc(C(C)NC2CCCC(OC)C2)cc1. The summed E-state index contributed by atoms with van der Waals surface area (Å²) in [7, 11) is 3.52. The topological polar surface area (TPSA) is 30.5 Å².